The number of aliphatic hydroxyl groups excluding tert-OH is 1. The van der Waals surface area contributed by atoms with Gasteiger partial charge in [0, 0.05) is 32.7 Å². The summed E-state index contributed by atoms with van der Waals surface area (Å²) >= 11 is 0. The van der Waals surface area contributed by atoms with E-state index in [9.17, 15) is 32.5 Å². The normalized spacial score (nSPS) is 16.8. The smallest absolute Gasteiger partial charge is 0.394 e. The second kappa shape index (κ2) is 67.3. The summed E-state index contributed by atoms with van der Waals surface area (Å²) in [5.74, 6) is -0.849. The standard InChI is InChI=1S/C93H158N2O13S/c1-4-7-10-13-16-19-22-34-52-69-84(103-72-55-37-28-25-31-43-59-80-62-46-40-47-63-80)76-83(97)68-58-75-106-93-91(95-89(99)78-86(71-54-36-24-21-18-15-12-9-6-3)105-74-57-39-30-27-33-45-61-82-66-50-42-51-67-82)90(92(87(79-96)107-93)108-109(100,101)102)94-88(98)77-85(70-53-35-23-20-17-14-11-8-5-2)104-73-56-38-29-26-32-44-60-81-64-48-41-49-65-81/h40-42,46-51,62-67,84-87,90-93,96H,4-39,43-45,52-61,68-79H2,1-3H3,(H,94,98)(H,95,99)(H,100,101,102)/t84-,85-,86-,87?,90-,91?,92-,93-/m1/s1. The van der Waals surface area contributed by atoms with Crippen molar-refractivity contribution in [2.45, 2.75) is 429 Å². The van der Waals surface area contributed by atoms with Gasteiger partial charge >= 0.3 is 10.4 Å². The van der Waals surface area contributed by atoms with Gasteiger partial charge in [0.1, 0.15) is 24.0 Å². The minimum Gasteiger partial charge on any atom is -0.394 e. The molecule has 0 aromatic heterocycles. The monoisotopic (exact) mass is 1540 g/mol. The third-order valence-electron chi connectivity index (χ3n) is 22.0. The van der Waals surface area contributed by atoms with Crippen LogP contribution in [0.4, 0.5) is 0 Å². The molecule has 3 aromatic rings. The second-order valence-electron chi connectivity index (χ2n) is 31.9. The lowest BCUT2D eigenvalue weighted by Crippen LogP contribution is -2.70. The minimum atomic E-state index is -5.23. The van der Waals surface area contributed by atoms with Gasteiger partial charge < -0.3 is 39.4 Å². The van der Waals surface area contributed by atoms with E-state index in [2.05, 4.69) is 122 Å². The summed E-state index contributed by atoms with van der Waals surface area (Å²) in [4.78, 5) is 43.9. The number of carbonyl (C=O) groups is 3. The highest BCUT2D eigenvalue weighted by atomic mass is 32.3. The molecule has 624 valence electrons. The van der Waals surface area contributed by atoms with Gasteiger partial charge in [-0.2, -0.15) is 8.42 Å². The quantitative estimate of drug-likeness (QED) is 0.0307. The molecule has 1 heterocycles. The van der Waals surface area contributed by atoms with E-state index in [-0.39, 0.29) is 37.8 Å². The highest BCUT2D eigenvalue weighted by Crippen LogP contribution is 2.29. The Bertz CT molecular complexity index is 2690. The first-order chi connectivity index (χ1) is 53.4. The molecule has 0 spiro atoms. The Morgan fingerprint density at radius 2 is 0.688 bits per heavy atom. The van der Waals surface area contributed by atoms with Crippen LogP contribution in [0.5, 0.6) is 0 Å². The Hall–Kier alpha value is -4.10. The van der Waals surface area contributed by atoms with Crippen LogP contribution < -0.4 is 10.6 Å². The van der Waals surface area contributed by atoms with Gasteiger partial charge in [0.2, 0.25) is 11.8 Å². The number of carbonyl (C=O) groups excluding carboxylic acids is 3. The van der Waals surface area contributed by atoms with E-state index < -0.39 is 71.6 Å². The third kappa shape index (κ3) is 52.8. The molecule has 0 bridgehead atoms. The van der Waals surface area contributed by atoms with E-state index in [1.54, 1.807) is 0 Å². The zero-order valence-corrected chi connectivity index (χ0v) is 70.0. The van der Waals surface area contributed by atoms with E-state index in [1.165, 1.54) is 158 Å². The van der Waals surface area contributed by atoms with E-state index >= 15 is 0 Å². The molecule has 4 rings (SSSR count). The lowest BCUT2D eigenvalue weighted by Gasteiger charge is -2.45. The Kier molecular flexibility index (Phi) is 60.0. The van der Waals surface area contributed by atoms with Crippen molar-refractivity contribution in [3.05, 3.63) is 108 Å². The van der Waals surface area contributed by atoms with Gasteiger partial charge in [-0.25, -0.2) is 4.18 Å². The second-order valence-corrected chi connectivity index (χ2v) is 33.0. The van der Waals surface area contributed by atoms with Gasteiger partial charge in [-0.1, -0.05) is 362 Å². The van der Waals surface area contributed by atoms with Gasteiger partial charge in [-0.3, -0.25) is 18.9 Å². The van der Waals surface area contributed by atoms with Gasteiger partial charge in [0.05, 0.1) is 50.4 Å². The molecule has 0 saturated carbocycles. The fourth-order valence-electron chi connectivity index (χ4n) is 15.4. The molecule has 1 aliphatic heterocycles. The summed E-state index contributed by atoms with van der Waals surface area (Å²) in [6, 6.07) is 29.3. The number of hydrogen-bond acceptors (Lipinski definition) is 12. The number of unbranched alkanes of at least 4 members (excludes halogenated alkanes) is 39. The molecule has 2 amide bonds. The van der Waals surface area contributed by atoms with Crippen LogP contribution in [0.2, 0.25) is 0 Å². The van der Waals surface area contributed by atoms with Crippen LogP contribution >= 0.6 is 0 Å². The number of Topliss-reactive ketones (excluding diaryl/α,β-unsaturated/α-hetero) is 1. The van der Waals surface area contributed by atoms with Crippen molar-refractivity contribution >= 4 is 28.0 Å². The van der Waals surface area contributed by atoms with Crippen molar-refractivity contribution in [3.63, 3.8) is 0 Å². The maximum atomic E-state index is 14.9. The number of benzene rings is 3. The molecule has 15 nitrogen and oxygen atoms in total. The van der Waals surface area contributed by atoms with Gasteiger partial charge in [-0.15, -0.1) is 0 Å². The molecule has 16 heteroatoms. The van der Waals surface area contributed by atoms with E-state index in [0.717, 1.165) is 173 Å². The Balaban J connectivity index is 1.53. The molecule has 3 aromatic carbocycles. The zero-order chi connectivity index (χ0) is 78.0. The van der Waals surface area contributed by atoms with Crippen molar-refractivity contribution in [1.29, 1.82) is 0 Å². The predicted molar refractivity (Wildman–Crippen MR) is 448 cm³/mol. The van der Waals surface area contributed by atoms with Crippen LogP contribution in [0.25, 0.3) is 0 Å². The number of hydrogen-bond donors (Lipinski definition) is 4. The van der Waals surface area contributed by atoms with Gasteiger partial charge in [0.25, 0.3) is 0 Å². The maximum absolute atomic E-state index is 14.9. The summed E-state index contributed by atoms with van der Waals surface area (Å²) in [7, 11) is -5.23. The van der Waals surface area contributed by atoms with Crippen molar-refractivity contribution < 1.29 is 60.3 Å². The molecule has 4 N–H and O–H groups in total. The molecule has 1 saturated heterocycles. The van der Waals surface area contributed by atoms with Crippen LogP contribution in [0.1, 0.15) is 378 Å². The number of ether oxygens (including phenoxy) is 5. The molecule has 109 heavy (non-hydrogen) atoms. The first-order valence-corrected chi connectivity index (χ1v) is 46.4. The van der Waals surface area contributed by atoms with Crippen molar-refractivity contribution in [2.75, 3.05) is 33.0 Å². The lowest BCUT2D eigenvalue weighted by molar-refractivity contribution is -0.246. The number of rotatable bonds is 76. The number of amides is 2. The van der Waals surface area contributed by atoms with Crippen molar-refractivity contribution in [3.8, 4) is 0 Å². The van der Waals surface area contributed by atoms with Crippen molar-refractivity contribution in [2.24, 2.45) is 0 Å². The number of nitrogens with one attached hydrogen (secondary N) is 2. The average molecular weight is 1540 g/mol. The van der Waals surface area contributed by atoms with Crippen LogP contribution in [-0.4, -0.2) is 118 Å². The number of aliphatic hydroxyl groups is 1. The summed E-state index contributed by atoms with van der Waals surface area (Å²) in [5.41, 5.74) is 4.13. The van der Waals surface area contributed by atoms with Crippen molar-refractivity contribution in [1.82, 2.24) is 10.6 Å². The Morgan fingerprint density at radius 1 is 0.385 bits per heavy atom. The van der Waals surface area contributed by atoms with Crippen LogP contribution in [0.15, 0.2) is 91.0 Å². The molecule has 2 unspecified atom stereocenters. The van der Waals surface area contributed by atoms with Gasteiger partial charge in [0.15, 0.2) is 6.29 Å². The minimum absolute atomic E-state index is 0.000249. The summed E-state index contributed by atoms with van der Waals surface area (Å²) in [5, 5.41) is 17.2. The summed E-state index contributed by atoms with van der Waals surface area (Å²) < 4.78 is 74.4. The first-order valence-electron chi connectivity index (χ1n) is 45.0. The van der Waals surface area contributed by atoms with Crippen LogP contribution in [0, 0.1) is 0 Å². The van der Waals surface area contributed by atoms with E-state index in [4.69, 9.17) is 27.9 Å². The zero-order valence-electron chi connectivity index (χ0n) is 69.2. The third-order valence-corrected chi connectivity index (χ3v) is 22.5. The Labute approximate surface area is 665 Å². The maximum Gasteiger partial charge on any atom is 0.397 e. The molecule has 0 radical (unpaired) electrons. The average Bonchev–Trinajstić information content (AvgIpc) is 0.781. The van der Waals surface area contributed by atoms with E-state index in [0.29, 0.717) is 45.5 Å². The SMILES string of the molecule is CCCCCCCCCCC[C@H](CC(=O)CCCO[C@@H]1OC(CO)[C@@H](OS(=O)(=O)O)[C@H](NC(=O)C[C@@H](CCCCCCCCCCC)OCCCCCCCCc2ccccc2)C1NC(=O)C[C@@H](CCCCCCCCCCC)OCCCCCCCCc1ccccc1)OCCCCCCCCc1ccccc1. The summed E-state index contributed by atoms with van der Waals surface area (Å²) in [6.45, 7) is 7.54. The first kappa shape index (κ1) is 97.3. The number of ketones is 1. The van der Waals surface area contributed by atoms with Crippen LogP contribution in [0.3, 0.4) is 0 Å². The van der Waals surface area contributed by atoms with Gasteiger partial charge in [-0.05, 0) is 100 Å². The molecule has 1 fully saturated rings. The molecule has 0 aliphatic carbocycles. The number of aryl methyl sites for hydroxylation is 3. The Morgan fingerprint density at radius 3 is 1.02 bits per heavy atom. The molecular weight excluding hydrogens is 1390 g/mol. The topological polar surface area (TPSA) is 205 Å². The highest BCUT2D eigenvalue weighted by molar-refractivity contribution is 7.80. The highest BCUT2D eigenvalue weighted by Gasteiger charge is 2.50. The predicted octanol–water partition coefficient (Wildman–Crippen LogP) is 23.1. The summed E-state index contributed by atoms with van der Waals surface area (Å²) in [6.07, 6.45) is 51.7. The fraction of sp³-hybridized carbons (Fsp3) is 0.774. The van der Waals surface area contributed by atoms with E-state index in [1.807, 2.05) is 0 Å². The molecule has 8 atom stereocenters. The fourth-order valence-corrected chi connectivity index (χ4v) is 16.0. The molecule has 1 aliphatic rings. The molecular formula is C93H158N2O13S. The van der Waals surface area contributed by atoms with Crippen LogP contribution in [-0.2, 0) is 71.9 Å². The lowest BCUT2D eigenvalue weighted by atomic mass is 9.93. The largest absolute Gasteiger partial charge is 0.397 e.